The van der Waals surface area contributed by atoms with E-state index in [1.165, 1.54) is 6.21 Å². The molecule has 0 radical (unpaired) electrons. The van der Waals surface area contributed by atoms with Gasteiger partial charge in [0.25, 0.3) is 0 Å². The highest BCUT2D eigenvalue weighted by Crippen LogP contribution is 1.67. The predicted molar refractivity (Wildman–Crippen MR) is 31.7 cm³/mol. The molecule has 0 spiro atoms. The molecule has 0 amide bonds. The van der Waals surface area contributed by atoms with Gasteiger partial charge >= 0.3 is 0 Å². The molecule has 0 fully saturated rings. The lowest BCUT2D eigenvalue weighted by atomic mass is 10.6. The molecule has 3 heteroatoms. The Hall–Kier alpha value is -0.410. The number of nitrogens with zero attached hydrogens (tertiary/aromatic N) is 1. The van der Waals surface area contributed by atoms with Gasteiger partial charge in [0.15, 0.2) is 0 Å². The van der Waals surface area contributed by atoms with Gasteiger partial charge in [-0.2, -0.15) is 0 Å². The Kier molecular flexibility index (Phi) is 5.26. The second kappa shape index (κ2) is 5.59. The summed E-state index contributed by atoms with van der Waals surface area (Å²) in [4.78, 5) is 3.71. The Morgan fingerprint density at radius 2 is 2.14 bits per heavy atom. The van der Waals surface area contributed by atoms with Crippen molar-refractivity contribution in [3.8, 4) is 0 Å². The highest BCUT2D eigenvalue weighted by molar-refractivity contribution is 5.60. The van der Waals surface area contributed by atoms with E-state index in [9.17, 15) is 0 Å². The normalized spacial score (nSPS) is 10.6. The Morgan fingerprint density at radius 3 is 2.57 bits per heavy atom. The topological polar surface area (TPSA) is 60.0 Å². The van der Waals surface area contributed by atoms with Crippen LogP contribution < -0.4 is 0 Å². The second-order valence-corrected chi connectivity index (χ2v) is 1.04. The van der Waals surface area contributed by atoms with Crippen molar-refractivity contribution < 1.29 is 0 Å². The van der Waals surface area contributed by atoms with Crippen molar-refractivity contribution >= 4 is 6.21 Å². The van der Waals surface area contributed by atoms with E-state index in [1.807, 2.05) is 0 Å². The fourth-order valence-corrected chi connectivity index (χ4v) is 0.220. The number of rotatable bonds is 3. The van der Waals surface area contributed by atoms with Crippen LogP contribution in [0, 0.1) is 0 Å². The van der Waals surface area contributed by atoms with Crippen LogP contribution in [0.2, 0.25) is 0 Å². The first-order chi connectivity index (χ1) is 3.41. The van der Waals surface area contributed by atoms with Crippen LogP contribution in [0.1, 0.15) is 0 Å². The van der Waals surface area contributed by atoms with Gasteiger partial charge in [-0.25, -0.2) is 0 Å². The molecule has 0 atom stereocenters. The third-order valence-corrected chi connectivity index (χ3v) is 0.461. The molecule has 0 aromatic heterocycles. The van der Waals surface area contributed by atoms with Gasteiger partial charge in [0.1, 0.15) is 0 Å². The second-order valence-electron chi connectivity index (χ2n) is 1.04. The van der Waals surface area contributed by atoms with Crippen molar-refractivity contribution in [1.29, 1.82) is 0 Å². The quantitative estimate of drug-likeness (QED) is 0.477. The number of hydrogen-bond donors (Lipinski definition) is 0. The fourth-order valence-electron chi connectivity index (χ4n) is 0.220. The lowest BCUT2D eigenvalue weighted by Gasteiger charge is -1.92. The average molecular weight is 99.1 g/mol. The molecule has 0 saturated carbocycles. The molecule has 0 bridgehead atoms. The zero-order chi connectivity index (χ0) is 5.54. The molecule has 7 heavy (non-hydrogen) atoms. The van der Waals surface area contributed by atoms with E-state index in [4.69, 9.17) is 11.5 Å². The maximum Gasteiger partial charge on any atom is 0.0194 e. The van der Waals surface area contributed by atoms with Crippen molar-refractivity contribution in [2.24, 2.45) is 4.99 Å². The molecule has 0 heterocycles. The zero-order valence-electron chi connectivity index (χ0n) is 4.15. The third kappa shape index (κ3) is 5.59. The van der Waals surface area contributed by atoms with Gasteiger partial charge in [-0.3, -0.25) is 0 Å². The Morgan fingerprint density at radius 1 is 1.43 bits per heavy atom. The number of nitrogens with one attached hydrogen (secondary N) is 2. The molecular formula is C4H9N3-2. The Bertz CT molecular complexity index is 50.9. The lowest BCUT2D eigenvalue weighted by Crippen LogP contribution is -1.83. The van der Waals surface area contributed by atoms with E-state index in [2.05, 4.69) is 4.99 Å². The number of aliphatic imine (C=N–C) groups is 1. The van der Waals surface area contributed by atoms with Crippen LogP contribution in [0.25, 0.3) is 11.5 Å². The van der Waals surface area contributed by atoms with Crippen molar-refractivity contribution in [1.82, 2.24) is 0 Å². The highest BCUT2D eigenvalue weighted by Gasteiger charge is 1.59. The summed E-state index contributed by atoms with van der Waals surface area (Å²) in [6.45, 7) is 1.11. The monoisotopic (exact) mass is 99.1 g/mol. The minimum absolute atomic E-state index is 0.236. The molecule has 0 aliphatic heterocycles. The highest BCUT2D eigenvalue weighted by atomic mass is 14.8. The van der Waals surface area contributed by atoms with Gasteiger partial charge in [0.05, 0.1) is 0 Å². The number of hydrogen-bond acceptors (Lipinski definition) is 1. The molecule has 0 unspecified atom stereocenters. The summed E-state index contributed by atoms with van der Waals surface area (Å²) in [5.74, 6) is 0. The molecule has 0 aliphatic carbocycles. The fraction of sp³-hybridized carbons (Fsp3) is 0.750. The van der Waals surface area contributed by atoms with E-state index in [-0.39, 0.29) is 6.54 Å². The zero-order valence-corrected chi connectivity index (χ0v) is 4.15. The molecular weight excluding hydrogens is 90.1 g/mol. The Labute approximate surface area is 43.4 Å². The van der Waals surface area contributed by atoms with Crippen molar-refractivity contribution in [2.45, 2.75) is 0 Å². The van der Waals surface area contributed by atoms with Gasteiger partial charge in [-0.1, -0.05) is 0 Å². The molecule has 42 valence electrons. The summed E-state index contributed by atoms with van der Waals surface area (Å²) in [5.41, 5.74) is 13.2. The lowest BCUT2D eigenvalue weighted by molar-refractivity contribution is 1.09. The van der Waals surface area contributed by atoms with Crippen molar-refractivity contribution in [3.63, 3.8) is 0 Å². The van der Waals surface area contributed by atoms with Crippen LogP contribution in [-0.4, -0.2) is 25.8 Å². The molecule has 0 rings (SSSR count). The van der Waals surface area contributed by atoms with Crippen LogP contribution in [0.5, 0.6) is 0 Å². The van der Waals surface area contributed by atoms with Crippen LogP contribution in [-0.2, 0) is 0 Å². The van der Waals surface area contributed by atoms with E-state index in [0.717, 1.165) is 0 Å². The summed E-state index contributed by atoms with van der Waals surface area (Å²) < 4.78 is 0. The minimum atomic E-state index is 0.236. The van der Waals surface area contributed by atoms with Gasteiger partial charge in [-0.15, -0.1) is 13.1 Å². The average Bonchev–Trinajstić information content (AvgIpc) is 1.69. The van der Waals surface area contributed by atoms with Crippen LogP contribution in [0.15, 0.2) is 4.99 Å². The first-order valence-corrected chi connectivity index (χ1v) is 2.19. The van der Waals surface area contributed by atoms with E-state index in [0.29, 0.717) is 13.1 Å². The third-order valence-electron chi connectivity index (χ3n) is 0.461. The molecule has 0 saturated heterocycles. The maximum atomic E-state index is 6.61. The first-order valence-electron chi connectivity index (χ1n) is 2.19. The molecule has 3 nitrogen and oxygen atoms in total. The van der Waals surface area contributed by atoms with Crippen molar-refractivity contribution in [3.05, 3.63) is 11.5 Å². The first kappa shape index (κ1) is 6.59. The van der Waals surface area contributed by atoms with Crippen molar-refractivity contribution in [2.75, 3.05) is 19.6 Å². The summed E-state index contributed by atoms with van der Waals surface area (Å²) >= 11 is 0. The predicted octanol–water partition coefficient (Wildman–Crippen LogP) is 1.16. The summed E-state index contributed by atoms with van der Waals surface area (Å²) in [5, 5.41) is 0. The summed E-state index contributed by atoms with van der Waals surface area (Å²) in [7, 11) is 0. The molecule has 0 aliphatic rings. The standard InChI is InChI=1S/C4H9N3/c5-1-3-7-4-2-6/h3,5-6H,1-2,4H2/q-2. The molecule has 0 aromatic carbocycles. The van der Waals surface area contributed by atoms with E-state index < -0.39 is 0 Å². The maximum absolute atomic E-state index is 6.61. The van der Waals surface area contributed by atoms with Gasteiger partial charge in [-0.05, 0) is 6.21 Å². The minimum Gasteiger partial charge on any atom is -0.676 e. The summed E-state index contributed by atoms with van der Waals surface area (Å²) in [6.07, 6.45) is 1.51. The van der Waals surface area contributed by atoms with Gasteiger partial charge in [0, 0.05) is 6.54 Å². The van der Waals surface area contributed by atoms with E-state index in [1.54, 1.807) is 0 Å². The largest absolute Gasteiger partial charge is 0.676 e. The van der Waals surface area contributed by atoms with Crippen LogP contribution in [0.4, 0.5) is 0 Å². The summed E-state index contributed by atoms with van der Waals surface area (Å²) in [6, 6.07) is 0. The van der Waals surface area contributed by atoms with Crippen LogP contribution in [0.3, 0.4) is 0 Å². The van der Waals surface area contributed by atoms with Gasteiger partial charge < -0.3 is 16.5 Å². The molecule has 0 aromatic rings. The van der Waals surface area contributed by atoms with Crippen LogP contribution >= 0.6 is 0 Å². The SMILES string of the molecule is [NH-]CC=NCC[NH-]. The van der Waals surface area contributed by atoms with E-state index >= 15 is 0 Å². The Balaban J connectivity index is 2.78. The van der Waals surface area contributed by atoms with Gasteiger partial charge in [0.2, 0.25) is 0 Å². The molecule has 2 N–H and O–H groups in total. The smallest absolute Gasteiger partial charge is 0.0194 e.